The standard InChI is InChI=1S/C2H3F5OSi/c3-1(4,5)2(6,7)8-9/h9H3. The molecule has 0 radical (unpaired) electrons. The summed E-state index contributed by atoms with van der Waals surface area (Å²) in [5.74, 6) is 0. The summed E-state index contributed by atoms with van der Waals surface area (Å²) in [5.41, 5.74) is 0. The molecule has 0 N–H and O–H groups in total. The van der Waals surface area contributed by atoms with Crippen LogP contribution in [0.1, 0.15) is 0 Å². The van der Waals surface area contributed by atoms with Gasteiger partial charge in [-0.1, -0.05) is 0 Å². The predicted octanol–water partition coefficient (Wildman–Crippen LogP) is 0.438. The minimum atomic E-state index is -5.57. The van der Waals surface area contributed by atoms with E-state index in [-0.39, 0.29) is 0 Å². The highest BCUT2D eigenvalue weighted by Gasteiger charge is 2.58. The first-order chi connectivity index (χ1) is 3.81. The van der Waals surface area contributed by atoms with Crippen LogP contribution in [-0.2, 0) is 4.43 Å². The van der Waals surface area contributed by atoms with Crippen LogP contribution in [0.25, 0.3) is 0 Å². The molecule has 9 heavy (non-hydrogen) atoms. The largest absolute Gasteiger partial charge is 0.481 e. The van der Waals surface area contributed by atoms with Crippen molar-refractivity contribution in [3.63, 3.8) is 0 Å². The van der Waals surface area contributed by atoms with Gasteiger partial charge >= 0.3 is 12.3 Å². The molecular weight excluding hydrogens is 163 g/mol. The SMILES string of the molecule is FC(F)(F)C(F)(F)O[SiH3]. The monoisotopic (exact) mass is 166 g/mol. The summed E-state index contributed by atoms with van der Waals surface area (Å²) >= 11 is 0. The van der Waals surface area contributed by atoms with Crippen molar-refractivity contribution in [1.29, 1.82) is 0 Å². The summed E-state index contributed by atoms with van der Waals surface area (Å²) < 4.78 is 58.6. The smallest absolute Gasteiger partial charge is 0.366 e. The molecule has 0 aromatic carbocycles. The van der Waals surface area contributed by atoms with Gasteiger partial charge in [-0.3, -0.25) is 0 Å². The quantitative estimate of drug-likeness (QED) is 0.405. The van der Waals surface area contributed by atoms with Gasteiger partial charge in [0, 0.05) is 0 Å². The molecule has 0 saturated carbocycles. The molecule has 1 nitrogen and oxygen atoms in total. The fraction of sp³-hybridized carbons (Fsp3) is 1.00. The van der Waals surface area contributed by atoms with E-state index >= 15 is 0 Å². The molecule has 0 unspecified atom stereocenters. The molecule has 0 heterocycles. The molecule has 0 aromatic heterocycles. The summed E-state index contributed by atoms with van der Waals surface area (Å²) in [6, 6.07) is 0. The highest BCUT2D eigenvalue weighted by molar-refractivity contribution is 5.98. The van der Waals surface area contributed by atoms with Crippen molar-refractivity contribution >= 4 is 10.5 Å². The van der Waals surface area contributed by atoms with E-state index in [2.05, 4.69) is 4.43 Å². The zero-order valence-electron chi connectivity index (χ0n) is 4.30. The maximum Gasteiger partial charge on any atom is 0.481 e. The predicted molar refractivity (Wildman–Crippen MR) is 22.0 cm³/mol. The first-order valence-electron chi connectivity index (χ1n) is 1.81. The van der Waals surface area contributed by atoms with E-state index in [1.165, 1.54) is 0 Å². The van der Waals surface area contributed by atoms with E-state index in [0.717, 1.165) is 0 Å². The molecule has 0 bridgehead atoms. The van der Waals surface area contributed by atoms with Crippen molar-refractivity contribution < 1.29 is 26.4 Å². The van der Waals surface area contributed by atoms with Gasteiger partial charge in [0.05, 0.1) is 0 Å². The van der Waals surface area contributed by atoms with Gasteiger partial charge in [-0.15, -0.1) is 0 Å². The molecule has 56 valence electrons. The molecule has 0 spiro atoms. The lowest BCUT2D eigenvalue weighted by molar-refractivity contribution is -0.360. The Morgan fingerprint density at radius 2 is 1.33 bits per heavy atom. The average molecular weight is 166 g/mol. The molecule has 0 aromatic rings. The van der Waals surface area contributed by atoms with Crippen molar-refractivity contribution in [2.24, 2.45) is 0 Å². The molecule has 0 fully saturated rings. The van der Waals surface area contributed by atoms with Crippen LogP contribution in [0.5, 0.6) is 0 Å². The second kappa shape index (κ2) is 2.22. The Labute approximate surface area is 50.3 Å². The Bertz CT molecular complexity index is 97.6. The van der Waals surface area contributed by atoms with E-state index < -0.39 is 22.8 Å². The second-order valence-electron chi connectivity index (χ2n) is 1.22. The van der Waals surface area contributed by atoms with Gasteiger partial charge in [0.15, 0.2) is 10.5 Å². The Morgan fingerprint density at radius 3 is 1.33 bits per heavy atom. The summed E-state index contributed by atoms with van der Waals surface area (Å²) in [6.07, 6.45) is -10.5. The number of hydrogen-bond donors (Lipinski definition) is 0. The Hall–Kier alpha value is -0.173. The molecule has 0 aliphatic carbocycles. The van der Waals surface area contributed by atoms with Crippen LogP contribution in [0.4, 0.5) is 22.0 Å². The molecular formula is C2H3F5OSi. The maximum absolute atomic E-state index is 11.3. The van der Waals surface area contributed by atoms with E-state index in [1.807, 2.05) is 0 Å². The lowest BCUT2D eigenvalue weighted by Gasteiger charge is -2.16. The van der Waals surface area contributed by atoms with E-state index in [9.17, 15) is 22.0 Å². The lowest BCUT2D eigenvalue weighted by atomic mass is 10.6. The zero-order valence-corrected chi connectivity index (χ0v) is 6.30. The van der Waals surface area contributed by atoms with Crippen molar-refractivity contribution in [1.82, 2.24) is 0 Å². The van der Waals surface area contributed by atoms with Gasteiger partial charge in [-0.05, 0) is 0 Å². The van der Waals surface area contributed by atoms with Crippen molar-refractivity contribution in [2.75, 3.05) is 0 Å². The molecule has 0 saturated heterocycles. The molecule has 7 heteroatoms. The molecule has 0 amide bonds. The number of hydrogen-bond acceptors (Lipinski definition) is 1. The van der Waals surface area contributed by atoms with Crippen molar-refractivity contribution in [3.8, 4) is 0 Å². The third kappa shape index (κ3) is 1.90. The Morgan fingerprint density at radius 1 is 1.00 bits per heavy atom. The Kier molecular flexibility index (Phi) is 2.17. The Balaban J connectivity index is 4.14. The molecule has 0 atom stereocenters. The molecule has 0 aliphatic heterocycles. The number of halogens is 5. The highest BCUT2D eigenvalue weighted by atomic mass is 28.2. The fourth-order valence-corrected chi connectivity index (χ4v) is 0.347. The van der Waals surface area contributed by atoms with Crippen LogP contribution in [0, 0.1) is 0 Å². The number of alkyl halides is 5. The molecule has 0 aliphatic rings. The highest BCUT2D eigenvalue weighted by Crippen LogP contribution is 2.35. The second-order valence-corrected chi connectivity index (χ2v) is 1.63. The lowest BCUT2D eigenvalue weighted by Crippen LogP contribution is -2.38. The first kappa shape index (κ1) is 8.83. The summed E-state index contributed by atoms with van der Waals surface area (Å²) in [5, 5.41) is 0. The third-order valence-electron chi connectivity index (χ3n) is 0.586. The maximum atomic E-state index is 11.3. The van der Waals surface area contributed by atoms with Gasteiger partial charge in [0.2, 0.25) is 0 Å². The topological polar surface area (TPSA) is 9.23 Å². The van der Waals surface area contributed by atoms with Crippen molar-refractivity contribution in [2.45, 2.75) is 12.3 Å². The zero-order chi connectivity index (χ0) is 7.71. The fourth-order valence-electron chi connectivity index (χ4n) is 0.116. The van der Waals surface area contributed by atoms with Gasteiger partial charge in [-0.25, -0.2) is 0 Å². The van der Waals surface area contributed by atoms with Crippen LogP contribution < -0.4 is 0 Å². The van der Waals surface area contributed by atoms with E-state index in [0.29, 0.717) is 0 Å². The normalized spacial score (nSPS) is 14.3. The summed E-state index contributed by atoms with van der Waals surface area (Å²) in [7, 11) is -0.642. The third-order valence-corrected chi connectivity index (χ3v) is 1.10. The minimum Gasteiger partial charge on any atom is -0.366 e. The van der Waals surface area contributed by atoms with E-state index in [1.54, 1.807) is 0 Å². The van der Waals surface area contributed by atoms with Gasteiger partial charge in [-0.2, -0.15) is 22.0 Å². The van der Waals surface area contributed by atoms with Gasteiger partial charge in [0.1, 0.15) is 0 Å². The van der Waals surface area contributed by atoms with Crippen LogP contribution in [-0.4, -0.2) is 22.8 Å². The first-order valence-corrected chi connectivity index (χ1v) is 2.62. The molecule has 0 rings (SSSR count). The number of rotatable bonds is 1. The average Bonchev–Trinajstić information content (AvgIpc) is 1.64. The van der Waals surface area contributed by atoms with Crippen molar-refractivity contribution in [3.05, 3.63) is 0 Å². The van der Waals surface area contributed by atoms with E-state index in [4.69, 9.17) is 0 Å². The van der Waals surface area contributed by atoms with Crippen LogP contribution in [0.3, 0.4) is 0 Å². The summed E-state index contributed by atoms with van der Waals surface area (Å²) in [4.78, 5) is 0. The van der Waals surface area contributed by atoms with Gasteiger partial charge in [0.25, 0.3) is 0 Å². The van der Waals surface area contributed by atoms with Crippen LogP contribution in [0.2, 0.25) is 0 Å². The van der Waals surface area contributed by atoms with Gasteiger partial charge < -0.3 is 4.43 Å². The van der Waals surface area contributed by atoms with Crippen LogP contribution in [0.15, 0.2) is 0 Å². The van der Waals surface area contributed by atoms with Crippen LogP contribution >= 0.6 is 0 Å². The minimum absolute atomic E-state index is 0.642. The summed E-state index contributed by atoms with van der Waals surface area (Å²) in [6.45, 7) is 0.